The van der Waals surface area contributed by atoms with E-state index in [1.165, 1.54) is 0 Å². The van der Waals surface area contributed by atoms with Gasteiger partial charge in [0.15, 0.2) is 0 Å². The van der Waals surface area contributed by atoms with Crippen LogP contribution < -0.4 is 5.73 Å². The second-order valence-electron chi connectivity index (χ2n) is 2.85. The van der Waals surface area contributed by atoms with Gasteiger partial charge in [0, 0.05) is 11.9 Å². The Bertz CT molecular complexity index is 410. The number of nitrogen functional groups attached to an aromatic ring is 1. The molecule has 2 aromatic rings. The molecule has 0 saturated carbocycles. The minimum Gasteiger partial charge on any atom is -0.383 e. The molecule has 0 atom stereocenters. The largest absolute Gasteiger partial charge is 0.383 e. The van der Waals surface area contributed by atoms with E-state index >= 15 is 0 Å². The third-order valence-electron chi connectivity index (χ3n) is 1.87. The molecular formula is C8H10N4S. The van der Waals surface area contributed by atoms with Crippen LogP contribution in [0.4, 0.5) is 5.82 Å². The molecular weight excluding hydrogens is 184 g/mol. The fourth-order valence-corrected chi connectivity index (χ4v) is 1.97. The van der Waals surface area contributed by atoms with E-state index in [4.69, 9.17) is 5.73 Å². The minimum atomic E-state index is 0.612. The van der Waals surface area contributed by atoms with Crippen molar-refractivity contribution in [2.75, 3.05) is 5.73 Å². The van der Waals surface area contributed by atoms with Crippen LogP contribution in [0, 0.1) is 6.92 Å². The van der Waals surface area contributed by atoms with Crippen molar-refractivity contribution >= 4 is 17.2 Å². The number of anilines is 1. The number of rotatable bonds is 1. The first-order valence-corrected chi connectivity index (χ1v) is 4.69. The topological polar surface area (TPSA) is 56.7 Å². The van der Waals surface area contributed by atoms with Crippen molar-refractivity contribution in [3.8, 4) is 10.7 Å². The number of hydrogen-bond acceptors (Lipinski definition) is 4. The Morgan fingerprint density at radius 1 is 1.54 bits per heavy atom. The Labute approximate surface area is 80.1 Å². The molecule has 0 aliphatic heterocycles. The number of imidazole rings is 1. The summed E-state index contributed by atoms with van der Waals surface area (Å²) in [5.74, 6) is 0.612. The van der Waals surface area contributed by atoms with Gasteiger partial charge in [0.05, 0.1) is 18.2 Å². The fourth-order valence-electron chi connectivity index (χ4n) is 1.08. The highest BCUT2D eigenvalue weighted by Gasteiger charge is 2.09. The number of nitrogens with zero attached hydrogens (tertiary/aromatic N) is 3. The number of hydrogen-bond donors (Lipinski definition) is 1. The molecule has 0 aromatic carbocycles. The maximum absolute atomic E-state index is 5.67. The third-order valence-corrected chi connectivity index (χ3v) is 2.88. The Morgan fingerprint density at radius 2 is 2.31 bits per heavy atom. The Kier molecular flexibility index (Phi) is 1.81. The molecule has 0 fully saturated rings. The lowest BCUT2D eigenvalue weighted by atomic mass is 10.5. The normalized spacial score (nSPS) is 10.6. The number of aryl methyl sites for hydroxylation is 2. The molecule has 2 rings (SSSR count). The van der Waals surface area contributed by atoms with Crippen molar-refractivity contribution in [3.05, 3.63) is 17.4 Å². The second-order valence-corrected chi connectivity index (χ2v) is 4.05. The van der Waals surface area contributed by atoms with E-state index in [0.717, 1.165) is 15.6 Å². The summed E-state index contributed by atoms with van der Waals surface area (Å²) in [6, 6.07) is 0. The number of aromatic nitrogens is 3. The van der Waals surface area contributed by atoms with Gasteiger partial charge >= 0.3 is 0 Å². The summed E-state index contributed by atoms with van der Waals surface area (Å²) in [5.41, 5.74) is 6.67. The van der Waals surface area contributed by atoms with Crippen LogP contribution in [-0.4, -0.2) is 14.5 Å². The molecule has 68 valence electrons. The van der Waals surface area contributed by atoms with E-state index in [0.29, 0.717) is 5.82 Å². The van der Waals surface area contributed by atoms with Crippen LogP contribution >= 0.6 is 11.3 Å². The minimum absolute atomic E-state index is 0.612. The average molecular weight is 194 g/mol. The summed E-state index contributed by atoms with van der Waals surface area (Å²) in [5, 5.41) is 0.926. The van der Waals surface area contributed by atoms with Crippen molar-refractivity contribution in [2.45, 2.75) is 6.92 Å². The molecule has 0 saturated heterocycles. The first kappa shape index (κ1) is 8.25. The van der Waals surface area contributed by atoms with Gasteiger partial charge in [-0.05, 0) is 6.92 Å². The number of nitrogens with two attached hydrogens (primary N) is 1. The van der Waals surface area contributed by atoms with Crippen LogP contribution in [0.2, 0.25) is 0 Å². The Morgan fingerprint density at radius 3 is 2.77 bits per heavy atom. The highest BCUT2D eigenvalue weighted by Crippen LogP contribution is 2.27. The maximum Gasteiger partial charge on any atom is 0.144 e. The Balaban J connectivity index is 2.53. The monoisotopic (exact) mass is 194 g/mol. The molecule has 4 nitrogen and oxygen atoms in total. The van der Waals surface area contributed by atoms with Crippen LogP contribution in [0.25, 0.3) is 10.7 Å². The predicted molar refractivity (Wildman–Crippen MR) is 53.5 cm³/mol. The van der Waals surface area contributed by atoms with Crippen LogP contribution in [0.15, 0.2) is 12.5 Å². The maximum atomic E-state index is 5.67. The van der Waals surface area contributed by atoms with Gasteiger partial charge in [-0.2, -0.15) is 0 Å². The smallest absolute Gasteiger partial charge is 0.144 e. The quantitative estimate of drug-likeness (QED) is 0.747. The molecule has 2 heterocycles. The average Bonchev–Trinajstić information content (AvgIpc) is 2.60. The summed E-state index contributed by atoms with van der Waals surface area (Å²) in [4.78, 5) is 9.33. The SMILES string of the molecule is Cc1sc(-c2cncn2C)nc1N. The van der Waals surface area contributed by atoms with Crippen molar-refractivity contribution in [3.63, 3.8) is 0 Å². The number of thiazole rings is 1. The zero-order valence-electron chi connectivity index (χ0n) is 7.48. The molecule has 13 heavy (non-hydrogen) atoms. The highest BCUT2D eigenvalue weighted by molar-refractivity contribution is 7.15. The summed E-state index contributed by atoms with van der Waals surface area (Å²) < 4.78 is 1.93. The second kappa shape index (κ2) is 2.85. The van der Waals surface area contributed by atoms with E-state index in [9.17, 15) is 0 Å². The zero-order chi connectivity index (χ0) is 9.42. The molecule has 0 bridgehead atoms. The van der Waals surface area contributed by atoms with Crippen molar-refractivity contribution in [2.24, 2.45) is 7.05 Å². The highest BCUT2D eigenvalue weighted by atomic mass is 32.1. The molecule has 2 N–H and O–H groups in total. The lowest BCUT2D eigenvalue weighted by Gasteiger charge is -1.94. The van der Waals surface area contributed by atoms with Gasteiger partial charge in [0.1, 0.15) is 10.8 Å². The molecule has 0 aliphatic carbocycles. The van der Waals surface area contributed by atoms with Gasteiger partial charge in [-0.25, -0.2) is 9.97 Å². The lowest BCUT2D eigenvalue weighted by molar-refractivity contribution is 0.920. The van der Waals surface area contributed by atoms with Gasteiger partial charge in [-0.1, -0.05) is 0 Å². The molecule has 2 aromatic heterocycles. The fraction of sp³-hybridized carbons (Fsp3) is 0.250. The molecule has 0 radical (unpaired) electrons. The van der Waals surface area contributed by atoms with E-state index in [1.54, 1.807) is 23.9 Å². The van der Waals surface area contributed by atoms with Crippen molar-refractivity contribution in [1.82, 2.24) is 14.5 Å². The van der Waals surface area contributed by atoms with Gasteiger partial charge < -0.3 is 10.3 Å². The van der Waals surface area contributed by atoms with Crippen LogP contribution in [0.1, 0.15) is 4.88 Å². The Hall–Kier alpha value is -1.36. The molecule has 0 spiro atoms. The van der Waals surface area contributed by atoms with Crippen LogP contribution in [0.3, 0.4) is 0 Å². The molecule has 0 amide bonds. The summed E-state index contributed by atoms with van der Waals surface area (Å²) in [6.07, 6.45) is 3.54. The van der Waals surface area contributed by atoms with E-state index in [1.807, 2.05) is 18.5 Å². The van der Waals surface area contributed by atoms with Gasteiger partial charge in [-0.3, -0.25) is 0 Å². The third kappa shape index (κ3) is 1.31. The van der Waals surface area contributed by atoms with Crippen molar-refractivity contribution < 1.29 is 0 Å². The van der Waals surface area contributed by atoms with Gasteiger partial charge in [-0.15, -0.1) is 11.3 Å². The van der Waals surface area contributed by atoms with Crippen LogP contribution in [0.5, 0.6) is 0 Å². The van der Waals surface area contributed by atoms with Crippen molar-refractivity contribution in [1.29, 1.82) is 0 Å². The van der Waals surface area contributed by atoms with Crippen LogP contribution in [-0.2, 0) is 7.05 Å². The molecule has 0 unspecified atom stereocenters. The summed E-state index contributed by atoms with van der Waals surface area (Å²) in [7, 11) is 1.94. The molecule has 5 heteroatoms. The first-order valence-electron chi connectivity index (χ1n) is 3.88. The predicted octanol–water partition coefficient (Wildman–Crippen LogP) is 1.43. The zero-order valence-corrected chi connectivity index (χ0v) is 8.30. The summed E-state index contributed by atoms with van der Waals surface area (Å²) >= 11 is 1.59. The van der Waals surface area contributed by atoms with E-state index < -0.39 is 0 Å². The van der Waals surface area contributed by atoms with E-state index in [-0.39, 0.29) is 0 Å². The standard InChI is InChI=1S/C8H10N4S/c1-5-7(9)11-8(13-5)6-3-10-4-12(6)2/h3-4H,9H2,1-2H3. The van der Waals surface area contributed by atoms with Gasteiger partial charge in [0.2, 0.25) is 0 Å². The molecule has 0 aliphatic rings. The van der Waals surface area contributed by atoms with E-state index in [2.05, 4.69) is 9.97 Å². The summed E-state index contributed by atoms with van der Waals surface area (Å²) in [6.45, 7) is 1.97. The van der Waals surface area contributed by atoms with Gasteiger partial charge in [0.25, 0.3) is 0 Å². The first-order chi connectivity index (χ1) is 6.18. The lowest BCUT2D eigenvalue weighted by Crippen LogP contribution is -1.90.